The van der Waals surface area contributed by atoms with Gasteiger partial charge in [0.1, 0.15) is 6.04 Å². The molecule has 3 nitrogen and oxygen atoms in total. The van der Waals surface area contributed by atoms with E-state index in [9.17, 15) is 4.79 Å². The molecule has 1 aliphatic carbocycles. The number of hydrogen-bond acceptors (Lipinski definition) is 4. The normalized spacial score (nSPS) is 35.3. The first-order valence-corrected chi connectivity index (χ1v) is 4.34. The van der Waals surface area contributed by atoms with Crippen molar-refractivity contribution in [3.63, 3.8) is 0 Å². The quantitative estimate of drug-likeness (QED) is 0.530. The van der Waals surface area contributed by atoms with E-state index in [-0.39, 0.29) is 17.1 Å². The molecule has 0 radical (unpaired) electrons. The molecule has 0 bridgehead atoms. The molecule has 0 aromatic carbocycles. The Labute approximate surface area is 68.7 Å². The van der Waals surface area contributed by atoms with E-state index in [2.05, 4.69) is 4.99 Å². The van der Waals surface area contributed by atoms with Crippen LogP contribution in [0, 0.1) is 0 Å². The number of carbonyl (C=O) groups is 1. The van der Waals surface area contributed by atoms with Crippen molar-refractivity contribution in [1.29, 1.82) is 0 Å². The Morgan fingerprint density at radius 2 is 2.55 bits per heavy atom. The third-order valence-corrected chi connectivity index (χ3v) is 2.84. The van der Waals surface area contributed by atoms with Crippen LogP contribution in [0.4, 0.5) is 0 Å². The molecule has 1 aliphatic heterocycles. The van der Waals surface area contributed by atoms with Crippen LogP contribution >= 0.6 is 11.8 Å². The summed E-state index contributed by atoms with van der Waals surface area (Å²) in [5, 5.41) is 0.719. The smallest absolute Gasteiger partial charge is 0.162 e. The Morgan fingerprint density at radius 1 is 1.73 bits per heavy atom. The fraction of sp³-hybridized carbons (Fsp3) is 0.429. The van der Waals surface area contributed by atoms with Gasteiger partial charge in [-0.15, -0.1) is 0 Å². The van der Waals surface area contributed by atoms with E-state index in [0.717, 1.165) is 0 Å². The van der Waals surface area contributed by atoms with Gasteiger partial charge in [-0.05, 0) is 0 Å². The highest BCUT2D eigenvalue weighted by atomic mass is 32.2. The molecule has 58 valence electrons. The van der Waals surface area contributed by atoms with E-state index >= 15 is 0 Å². The number of hydrogen-bond donors (Lipinski definition) is 1. The second-order valence-electron chi connectivity index (χ2n) is 2.59. The average Bonchev–Trinajstić information content (AvgIpc) is 2.31. The number of carbonyl (C=O) groups excluding carboxylic acids is 1. The predicted molar refractivity (Wildman–Crippen MR) is 45.6 cm³/mol. The number of fused-ring (bicyclic) bond motifs is 1. The van der Waals surface area contributed by atoms with Gasteiger partial charge in [-0.25, -0.2) is 4.99 Å². The number of amidine groups is 1. The Balaban J connectivity index is 2.28. The number of nitrogens with zero attached hydrogens (tertiary/aromatic N) is 1. The highest BCUT2D eigenvalue weighted by Crippen LogP contribution is 2.29. The molecule has 4 heteroatoms. The lowest BCUT2D eigenvalue weighted by atomic mass is 10.0. The van der Waals surface area contributed by atoms with E-state index in [4.69, 9.17) is 5.73 Å². The molecule has 0 saturated heterocycles. The number of nitrogens with two attached hydrogens (primary N) is 1. The lowest BCUT2D eigenvalue weighted by molar-refractivity contribution is -0.119. The van der Waals surface area contributed by atoms with E-state index in [1.807, 2.05) is 12.2 Å². The molecule has 0 aromatic heterocycles. The largest absolute Gasteiger partial charge is 0.378 e. The van der Waals surface area contributed by atoms with Crippen LogP contribution in [0.2, 0.25) is 0 Å². The molecule has 2 N–H and O–H groups in total. The lowest BCUT2D eigenvalue weighted by Crippen LogP contribution is -2.28. The summed E-state index contributed by atoms with van der Waals surface area (Å²) in [4.78, 5) is 15.2. The molecular formula is C7H8N2OS. The van der Waals surface area contributed by atoms with Crippen LogP contribution in [-0.2, 0) is 4.79 Å². The maximum atomic E-state index is 11.2. The highest BCUT2D eigenvalue weighted by molar-refractivity contribution is 8.14. The van der Waals surface area contributed by atoms with Crippen molar-refractivity contribution in [3.05, 3.63) is 12.2 Å². The van der Waals surface area contributed by atoms with Gasteiger partial charge in [0, 0.05) is 6.42 Å². The second kappa shape index (κ2) is 2.37. The van der Waals surface area contributed by atoms with Gasteiger partial charge in [0.15, 0.2) is 11.0 Å². The Hall–Kier alpha value is -0.770. The maximum absolute atomic E-state index is 11.2. The fourth-order valence-electron chi connectivity index (χ4n) is 1.28. The minimum atomic E-state index is -0.190. The minimum Gasteiger partial charge on any atom is -0.378 e. The first kappa shape index (κ1) is 6.91. The van der Waals surface area contributed by atoms with Crippen molar-refractivity contribution in [3.8, 4) is 0 Å². The van der Waals surface area contributed by atoms with Crippen LogP contribution in [-0.4, -0.2) is 22.2 Å². The van der Waals surface area contributed by atoms with Crippen molar-refractivity contribution >= 4 is 22.7 Å². The van der Waals surface area contributed by atoms with Crippen LogP contribution < -0.4 is 5.73 Å². The molecule has 2 atom stereocenters. The van der Waals surface area contributed by atoms with Crippen molar-refractivity contribution in [2.45, 2.75) is 17.7 Å². The number of rotatable bonds is 0. The molecule has 0 fully saturated rings. The number of aliphatic imine (C=N–C) groups is 1. The minimum absolute atomic E-state index is 0.177. The maximum Gasteiger partial charge on any atom is 0.162 e. The average molecular weight is 168 g/mol. The summed E-state index contributed by atoms with van der Waals surface area (Å²) in [5.74, 6) is 0.186. The molecule has 0 spiro atoms. The lowest BCUT2D eigenvalue weighted by Gasteiger charge is -2.14. The van der Waals surface area contributed by atoms with Crippen LogP contribution in [0.3, 0.4) is 0 Å². The molecule has 2 aliphatic rings. The van der Waals surface area contributed by atoms with Gasteiger partial charge in [-0.2, -0.15) is 0 Å². The Morgan fingerprint density at radius 3 is 3.27 bits per heavy atom. The van der Waals surface area contributed by atoms with Crippen LogP contribution in [0.15, 0.2) is 17.1 Å². The van der Waals surface area contributed by atoms with E-state index in [1.54, 1.807) is 0 Å². The van der Waals surface area contributed by atoms with Crippen molar-refractivity contribution < 1.29 is 4.79 Å². The summed E-state index contributed by atoms with van der Waals surface area (Å²) in [6, 6.07) is -0.190. The molecule has 2 rings (SSSR count). The van der Waals surface area contributed by atoms with Crippen LogP contribution in [0.5, 0.6) is 0 Å². The van der Waals surface area contributed by atoms with Gasteiger partial charge >= 0.3 is 0 Å². The second-order valence-corrected chi connectivity index (χ2v) is 3.79. The van der Waals surface area contributed by atoms with Crippen molar-refractivity contribution in [1.82, 2.24) is 0 Å². The molecule has 0 saturated carbocycles. The summed E-state index contributed by atoms with van der Waals surface area (Å²) in [6.07, 6.45) is 4.42. The summed E-state index contributed by atoms with van der Waals surface area (Å²) in [5.41, 5.74) is 5.48. The third kappa shape index (κ3) is 1.07. The monoisotopic (exact) mass is 168 g/mol. The zero-order valence-electron chi connectivity index (χ0n) is 5.86. The number of thioether (sulfide) groups is 1. The Kier molecular flexibility index (Phi) is 1.49. The van der Waals surface area contributed by atoms with Crippen LogP contribution in [0.1, 0.15) is 6.42 Å². The molecule has 0 aromatic rings. The first-order chi connectivity index (χ1) is 5.27. The number of ketones is 1. The first-order valence-electron chi connectivity index (χ1n) is 3.46. The van der Waals surface area contributed by atoms with Gasteiger partial charge in [-0.3, -0.25) is 4.79 Å². The molecular weight excluding hydrogens is 160 g/mol. The molecule has 0 unspecified atom stereocenters. The standard InChI is InChI=1S/C7H8N2OS/c8-7-9-6-4(10)2-1-3-5(6)11-7/h1,3,5-6H,2H2,(H2,8,9)/t5-,6-/m0/s1. The summed E-state index contributed by atoms with van der Waals surface area (Å²) < 4.78 is 0. The van der Waals surface area contributed by atoms with Crippen LogP contribution in [0.25, 0.3) is 0 Å². The molecule has 11 heavy (non-hydrogen) atoms. The van der Waals surface area contributed by atoms with Crippen molar-refractivity contribution in [2.75, 3.05) is 0 Å². The summed E-state index contributed by atoms with van der Waals surface area (Å²) in [7, 11) is 0. The summed E-state index contributed by atoms with van der Waals surface area (Å²) >= 11 is 1.47. The van der Waals surface area contributed by atoms with Crippen molar-refractivity contribution in [2.24, 2.45) is 10.7 Å². The highest BCUT2D eigenvalue weighted by Gasteiger charge is 2.34. The Bertz CT molecular complexity index is 259. The van der Waals surface area contributed by atoms with Gasteiger partial charge in [0.25, 0.3) is 0 Å². The van der Waals surface area contributed by atoms with Gasteiger partial charge in [-0.1, -0.05) is 23.9 Å². The topological polar surface area (TPSA) is 55.4 Å². The third-order valence-electron chi connectivity index (χ3n) is 1.81. The zero-order valence-corrected chi connectivity index (χ0v) is 6.67. The van der Waals surface area contributed by atoms with E-state index in [0.29, 0.717) is 11.6 Å². The fourth-order valence-corrected chi connectivity index (χ4v) is 2.27. The zero-order chi connectivity index (χ0) is 7.84. The molecule has 0 amide bonds. The van der Waals surface area contributed by atoms with E-state index in [1.165, 1.54) is 11.8 Å². The molecule has 1 heterocycles. The predicted octanol–water partition coefficient (Wildman–Crippen LogP) is 0.314. The van der Waals surface area contributed by atoms with Gasteiger partial charge in [0.05, 0.1) is 5.25 Å². The number of allylic oxidation sites excluding steroid dienone is 1. The number of Topliss-reactive ketones (excluding diaryl/α,β-unsaturated/α-hetero) is 1. The van der Waals surface area contributed by atoms with Gasteiger partial charge < -0.3 is 5.73 Å². The summed E-state index contributed by atoms with van der Waals surface area (Å²) in [6.45, 7) is 0. The SMILES string of the molecule is NC1=N[C@H]2C(=O)CC=C[C@@H]2S1. The van der Waals surface area contributed by atoms with E-state index < -0.39 is 0 Å². The van der Waals surface area contributed by atoms with Gasteiger partial charge in [0.2, 0.25) is 0 Å².